The van der Waals surface area contributed by atoms with Crippen molar-refractivity contribution in [3.05, 3.63) is 91.0 Å². The average Bonchev–Trinajstić information content (AvgIpc) is 2.59. The van der Waals surface area contributed by atoms with Gasteiger partial charge in [0.1, 0.15) is 0 Å². The van der Waals surface area contributed by atoms with Gasteiger partial charge in [0, 0.05) is 0 Å². The molecule has 0 amide bonds. The van der Waals surface area contributed by atoms with Crippen LogP contribution in [0.1, 0.15) is 0 Å². The van der Waals surface area contributed by atoms with Crippen LogP contribution in [0.5, 0.6) is 0 Å². The Hall–Kier alpha value is -0.329. The van der Waals surface area contributed by atoms with Crippen LogP contribution in [0.25, 0.3) is 0 Å². The summed E-state index contributed by atoms with van der Waals surface area (Å²) in [6.45, 7) is 0. The topological polar surface area (TPSA) is 74.8 Å². The molecular weight excluding hydrogens is 345 g/mol. The number of rotatable bonds is 3. The molecule has 0 aliphatic heterocycles. The largest absolute Gasteiger partial charge is 1.00 e. The third-order valence-electron chi connectivity index (χ3n) is 3.04. The van der Waals surface area contributed by atoms with E-state index in [1.165, 1.54) is 15.9 Å². The zero-order valence-electron chi connectivity index (χ0n) is 13.5. The summed E-state index contributed by atoms with van der Waals surface area (Å²) >= 11 is 0. The number of hydrogen-bond acceptors (Lipinski definition) is 2. The molecule has 117 valence electrons. The van der Waals surface area contributed by atoms with Crippen molar-refractivity contribution in [3.8, 4) is 0 Å². The zero-order chi connectivity index (χ0) is 15.6. The Balaban J connectivity index is 0.000000988. The van der Waals surface area contributed by atoms with Gasteiger partial charge in [-0.1, -0.05) is 91.0 Å². The third kappa shape index (κ3) is 7.28. The summed E-state index contributed by atoms with van der Waals surface area (Å²) in [7, 11) is -0.696. The van der Waals surface area contributed by atoms with Crippen molar-refractivity contribution in [1.29, 1.82) is 0 Å². The Morgan fingerprint density at radius 2 is 0.833 bits per heavy atom. The van der Waals surface area contributed by atoms with Crippen LogP contribution in [0.2, 0.25) is 0 Å². The quantitative estimate of drug-likeness (QED) is 0.413. The molecular formula is C18H18BKO3P. The van der Waals surface area contributed by atoms with Crippen molar-refractivity contribution in [2.45, 2.75) is 0 Å². The van der Waals surface area contributed by atoms with Crippen molar-refractivity contribution in [2.75, 3.05) is 0 Å². The molecule has 0 heterocycles. The van der Waals surface area contributed by atoms with Crippen LogP contribution in [0.4, 0.5) is 0 Å². The van der Waals surface area contributed by atoms with E-state index in [-0.39, 0.29) is 64.5 Å². The molecule has 3 rings (SSSR count). The molecule has 0 unspecified atom stereocenters. The van der Waals surface area contributed by atoms with Gasteiger partial charge in [-0.2, -0.15) is 0 Å². The Kier molecular flexibility index (Phi) is 13.7. The zero-order valence-corrected chi connectivity index (χ0v) is 17.6. The van der Waals surface area contributed by atoms with Gasteiger partial charge in [0.2, 0.25) is 0 Å². The summed E-state index contributed by atoms with van der Waals surface area (Å²) in [6.07, 6.45) is 0. The Morgan fingerprint density at radius 3 is 1.04 bits per heavy atom. The maximum atomic E-state index is 8.36. The van der Waals surface area contributed by atoms with Gasteiger partial charge < -0.3 is 15.5 Å². The molecule has 3 nitrogen and oxygen atoms in total. The van der Waals surface area contributed by atoms with Crippen LogP contribution in [0.15, 0.2) is 91.0 Å². The van der Waals surface area contributed by atoms with E-state index in [4.69, 9.17) is 10.0 Å². The second kappa shape index (κ2) is 13.9. The van der Waals surface area contributed by atoms with Crippen molar-refractivity contribution in [2.24, 2.45) is 0 Å². The fourth-order valence-electron chi connectivity index (χ4n) is 2.18. The second-order valence-electron chi connectivity index (χ2n) is 4.45. The molecule has 0 atom stereocenters. The molecule has 0 saturated carbocycles. The molecule has 0 aliphatic carbocycles. The van der Waals surface area contributed by atoms with Crippen LogP contribution < -0.4 is 72.3 Å². The minimum atomic E-state index is -0.446. The molecule has 0 fully saturated rings. The molecule has 0 spiro atoms. The molecule has 0 saturated heterocycles. The Bertz CT molecular complexity index is 563. The Labute approximate surface area is 187 Å². The predicted molar refractivity (Wildman–Crippen MR) is 96.7 cm³/mol. The Morgan fingerprint density at radius 1 is 0.625 bits per heavy atom. The summed E-state index contributed by atoms with van der Waals surface area (Å²) in [5.41, 5.74) is 0. The van der Waals surface area contributed by atoms with Crippen LogP contribution in [-0.2, 0) is 0 Å². The standard InChI is InChI=1S/C18H15P.BHO2.K.H2O/c1-4-10-16(11-5-1)19(17-12-6-2-7-13-17)18-14-8-3-9-15-18;2-1-3;;/h1-15H;2H;;1H2/q;-1;+1;. The normalized spacial score (nSPS) is 8.96. The number of benzene rings is 3. The van der Waals surface area contributed by atoms with Crippen LogP contribution in [0.3, 0.4) is 0 Å². The van der Waals surface area contributed by atoms with E-state index in [0.29, 0.717) is 0 Å². The summed E-state index contributed by atoms with van der Waals surface area (Å²) in [4.78, 5) is 0. The molecule has 24 heavy (non-hydrogen) atoms. The molecule has 1 radical (unpaired) electrons. The van der Waals surface area contributed by atoms with E-state index in [9.17, 15) is 0 Å². The fraction of sp³-hybridized carbons (Fsp3) is 0. The molecule has 0 aliphatic rings. The molecule has 0 aromatic heterocycles. The maximum absolute atomic E-state index is 8.36. The van der Waals surface area contributed by atoms with Gasteiger partial charge in [-0.3, -0.25) is 0 Å². The van der Waals surface area contributed by atoms with Gasteiger partial charge in [0.05, 0.1) is 0 Å². The van der Waals surface area contributed by atoms with E-state index < -0.39 is 7.92 Å². The van der Waals surface area contributed by atoms with Gasteiger partial charge in [-0.15, -0.1) is 0 Å². The van der Waals surface area contributed by atoms with Gasteiger partial charge in [0.25, 0.3) is 0 Å². The molecule has 6 heteroatoms. The maximum Gasteiger partial charge on any atom is 1.00 e. The van der Waals surface area contributed by atoms with Gasteiger partial charge in [-0.25, -0.2) is 0 Å². The fourth-order valence-corrected chi connectivity index (χ4v) is 4.48. The first-order valence-electron chi connectivity index (χ1n) is 6.90. The predicted octanol–water partition coefficient (Wildman–Crippen LogP) is -2.50. The van der Waals surface area contributed by atoms with Crippen LogP contribution in [-0.4, -0.2) is 18.2 Å². The first kappa shape index (κ1) is 23.7. The second-order valence-corrected chi connectivity index (χ2v) is 6.67. The van der Waals surface area contributed by atoms with Crippen molar-refractivity contribution >= 4 is 31.5 Å². The number of hydrogen-bond donors (Lipinski definition) is 1. The van der Waals surface area contributed by atoms with Crippen molar-refractivity contribution in [3.63, 3.8) is 0 Å². The summed E-state index contributed by atoms with van der Waals surface area (Å²) in [5.74, 6) is 0. The van der Waals surface area contributed by atoms with E-state index >= 15 is 0 Å². The van der Waals surface area contributed by atoms with E-state index in [1.807, 2.05) is 0 Å². The minimum absolute atomic E-state index is 0. The minimum Gasteiger partial charge on any atom is -0.861 e. The first-order chi connectivity index (χ1) is 10.9. The average molecular weight is 363 g/mol. The van der Waals surface area contributed by atoms with Gasteiger partial charge >= 0.3 is 51.4 Å². The van der Waals surface area contributed by atoms with E-state index in [0.717, 1.165) is 0 Å². The molecule has 3 N–H and O–H groups in total. The van der Waals surface area contributed by atoms with E-state index in [1.54, 1.807) is 0 Å². The van der Waals surface area contributed by atoms with Crippen LogP contribution in [0, 0.1) is 0 Å². The first-order valence-corrected chi connectivity index (χ1v) is 8.24. The van der Waals surface area contributed by atoms with Crippen molar-refractivity contribution < 1.29 is 66.9 Å². The summed E-state index contributed by atoms with van der Waals surface area (Å²) in [6, 6.07) is 32.3. The van der Waals surface area contributed by atoms with Crippen molar-refractivity contribution in [1.82, 2.24) is 0 Å². The third-order valence-corrected chi connectivity index (χ3v) is 5.49. The molecule has 3 aromatic carbocycles. The SMILES string of the molecule is O.[K+].[O-][B]O.c1ccc(P(c2ccccc2)c2ccccc2)cc1. The van der Waals surface area contributed by atoms with Gasteiger partial charge in [-0.05, 0) is 23.8 Å². The summed E-state index contributed by atoms with van der Waals surface area (Å²) < 4.78 is 0. The van der Waals surface area contributed by atoms with Crippen LogP contribution >= 0.6 is 7.92 Å². The monoisotopic (exact) mass is 363 g/mol. The van der Waals surface area contributed by atoms with Gasteiger partial charge in [0.15, 0.2) is 7.69 Å². The molecule has 0 bridgehead atoms. The molecule has 3 aromatic rings. The van der Waals surface area contributed by atoms with E-state index in [2.05, 4.69) is 91.0 Å². The summed E-state index contributed by atoms with van der Waals surface area (Å²) in [5, 5.41) is 19.4. The smallest absolute Gasteiger partial charge is 0.861 e.